The van der Waals surface area contributed by atoms with E-state index in [0.29, 0.717) is 10.9 Å². The smallest absolute Gasteiger partial charge is 0.233 e. The molecule has 1 atom stereocenters. The molecule has 0 saturated carbocycles. The highest BCUT2D eigenvalue weighted by Gasteiger charge is 2.22. The van der Waals surface area contributed by atoms with Crippen LogP contribution in [0, 0.1) is 13.8 Å². The van der Waals surface area contributed by atoms with Crippen molar-refractivity contribution in [3.63, 3.8) is 0 Å². The second kappa shape index (κ2) is 7.23. The molecule has 0 spiro atoms. The lowest BCUT2D eigenvalue weighted by molar-refractivity contribution is -0.128. The van der Waals surface area contributed by atoms with Crippen LogP contribution in [0.4, 0.5) is 0 Å². The van der Waals surface area contributed by atoms with Crippen LogP contribution in [0.15, 0.2) is 5.16 Å². The molecule has 0 aliphatic carbocycles. The summed E-state index contributed by atoms with van der Waals surface area (Å²) in [5.74, 6) is 1.14. The fourth-order valence-electron chi connectivity index (χ4n) is 2.01. The molecule has 0 aliphatic rings. The number of rotatable bonds is 6. The molecule has 0 radical (unpaired) electrons. The van der Waals surface area contributed by atoms with Gasteiger partial charge in [-0.15, -0.1) is 16.4 Å². The number of hydrogen-bond donors (Lipinski definition) is 1. The number of H-pyrrole nitrogens is 1. The van der Waals surface area contributed by atoms with Crippen LogP contribution in [0.1, 0.15) is 41.3 Å². The Hall–Kier alpha value is -1.41. The summed E-state index contributed by atoms with van der Waals surface area (Å²) in [4.78, 5) is 24.0. The van der Waals surface area contributed by atoms with Gasteiger partial charge in [0.15, 0.2) is 0 Å². The lowest BCUT2D eigenvalue weighted by atomic mass is 10.2. The summed E-state index contributed by atoms with van der Waals surface area (Å²) >= 11 is 3.04. The number of aromatic amines is 1. The predicted molar refractivity (Wildman–Crippen MR) is 89.3 cm³/mol. The van der Waals surface area contributed by atoms with Gasteiger partial charge in [-0.1, -0.05) is 18.7 Å². The molecule has 0 fully saturated rings. The highest BCUT2D eigenvalue weighted by molar-refractivity contribution is 7.99. The summed E-state index contributed by atoms with van der Waals surface area (Å²) < 4.78 is 0. The zero-order valence-corrected chi connectivity index (χ0v) is 15.1. The number of hydrogen-bond acceptors (Lipinski definition) is 6. The van der Waals surface area contributed by atoms with Crippen LogP contribution >= 0.6 is 23.1 Å². The van der Waals surface area contributed by atoms with Gasteiger partial charge in [-0.25, -0.2) is 9.97 Å². The Bertz CT molecular complexity index is 651. The summed E-state index contributed by atoms with van der Waals surface area (Å²) in [5.41, 5.74) is 1.02. The molecule has 0 saturated heterocycles. The largest absolute Gasteiger partial charge is 0.337 e. The molecular weight excluding hydrogens is 318 g/mol. The first-order valence-corrected chi connectivity index (χ1v) is 8.96. The molecule has 2 heterocycles. The number of thiazole rings is 1. The van der Waals surface area contributed by atoms with E-state index in [2.05, 4.69) is 27.1 Å². The van der Waals surface area contributed by atoms with Crippen LogP contribution in [0.2, 0.25) is 0 Å². The summed E-state index contributed by atoms with van der Waals surface area (Å²) in [6.07, 6.45) is 0.927. The van der Waals surface area contributed by atoms with Gasteiger partial charge in [-0.05, 0) is 27.2 Å². The van der Waals surface area contributed by atoms with E-state index < -0.39 is 0 Å². The van der Waals surface area contributed by atoms with Crippen molar-refractivity contribution >= 4 is 29.0 Å². The topological polar surface area (TPSA) is 74.8 Å². The van der Waals surface area contributed by atoms with Crippen LogP contribution in [0.5, 0.6) is 0 Å². The number of thioether (sulfide) groups is 1. The number of carbonyl (C=O) groups is 1. The van der Waals surface area contributed by atoms with Crippen LogP contribution in [-0.4, -0.2) is 43.8 Å². The van der Waals surface area contributed by atoms with Crippen molar-refractivity contribution in [2.45, 2.75) is 45.3 Å². The van der Waals surface area contributed by atoms with Crippen molar-refractivity contribution < 1.29 is 4.79 Å². The number of aryl methyl sites for hydroxylation is 3. The van der Waals surface area contributed by atoms with Crippen molar-refractivity contribution in [1.82, 2.24) is 25.1 Å². The molecule has 0 aliphatic heterocycles. The third-order valence-corrected chi connectivity index (χ3v) is 5.74. The quantitative estimate of drug-likeness (QED) is 0.819. The monoisotopic (exact) mass is 339 g/mol. The van der Waals surface area contributed by atoms with Crippen LogP contribution in [0.25, 0.3) is 0 Å². The SMILES string of the molecule is CCc1nc(C)c([C@H](C)N(C)C(=O)CSc2n[nH]c(C)n2)s1. The highest BCUT2D eigenvalue weighted by Crippen LogP contribution is 2.29. The molecule has 2 aromatic heterocycles. The lowest BCUT2D eigenvalue weighted by Gasteiger charge is -2.24. The average Bonchev–Trinajstić information content (AvgIpc) is 3.08. The molecule has 2 aromatic rings. The molecule has 0 unspecified atom stereocenters. The fourth-order valence-corrected chi connectivity index (χ4v) is 3.88. The van der Waals surface area contributed by atoms with Gasteiger partial charge in [-0.3, -0.25) is 9.89 Å². The van der Waals surface area contributed by atoms with Crippen LogP contribution < -0.4 is 0 Å². The summed E-state index contributed by atoms with van der Waals surface area (Å²) in [7, 11) is 1.83. The maximum atomic E-state index is 12.3. The molecule has 1 amide bonds. The van der Waals surface area contributed by atoms with Crippen molar-refractivity contribution in [1.29, 1.82) is 0 Å². The van der Waals surface area contributed by atoms with E-state index in [-0.39, 0.29) is 11.9 Å². The summed E-state index contributed by atoms with van der Waals surface area (Å²) in [6.45, 7) is 7.98. The van der Waals surface area contributed by atoms with E-state index in [4.69, 9.17) is 0 Å². The third-order valence-electron chi connectivity index (χ3n) is 3.43. The van der Waals surface area contributed by atoms with E-state index in [9.17, 15) is 4.79 Å². The van der Waals surface area contributed by atoms with Gasteiger partial charge in [0.1, 0.15) is 5.82 Å². The van der Waals surface area contributed by atoms with Gasteiger partial charge >= 0.3 is 0 Å². The summed E-state index contributed by atoms with van der Waals surface area (Å²) in [6, 6.07) is 0.0276. The first-order valence-electron chi connectivity index (χ1n) is 7.16. The maximum absolute atomic E-state index is 12.3. The fraction of sp³-hybridized carbons (Fsp3) is 0.571. The number of amides is 1. The third kappa shape index (κ3) is 3.86. The zero-order valence-electron chi connectivity index (χ0n) is 13.5. The standard InChI is InChI=1S/C14H21N5OS2/c1-6-11-15-8(2)13(22-11)9(3)19(5)12(20)7-21-14-16-10(4)17-18-14/h9H,6-7H2,1-5H3,(H,16,17,18)/t9-/m0/s1. The van der Waals surface area contributed by atoms with Gasteiger partial charge < -0.3 is 4.90 Å². The van der Waals surface area contributed by atoms with Gasteiger partial charge in [-0.2, -0.15) is 0 Å². The Labute approximate surface area is 138 Å². The number of carbonyl (C=O) groups excluding carboxylic acids is 1. The highest BCUT2D eigenvalue weighted by atomic mass is 32.2. The number of nitrogens with zero attached hydrogens (tertiary/aromatic N) is 4. The second-order valence-electron chi connectivity index (χ2n) is 5.08. The van der Waals surface area contributed by atoms with Crippen molar-refractivity contribution in [2.24, 2.45) is 0 Å². The zero-order chi connectivity index (χ0) is 16.3. The van der Waals surface area contributed by atoms with E-state index >= 15 is 0 Å². The molecule has 6 nitrogen and oxygen atoms in total. The number of aromatic nitrogens is 4. The molecule has 120 valence electrons. The van der Waals surface area contributed by atoms with E-state index in [1.807, 2.05) is 27.8 Å². The van der Waals surface area contributed by atoms with E-state index in [1.54, 1.807) is 16.2 Å². The molecule has 0 aromatic carbocycles. The van der Waals surface area contributed by atoms with E-state index in [1.165, 1.54) is 11.8 Å². The summed E-state index contributed by atoms with van der Waals surface area (Å²) in [5, 5.41) is 8.52. The van der Waals surface area contributed by atoms with Gasteiger partial charge in [0.25, 0.3) is 0 Å². The second-order valence-corrected chi connectivity index (χ2v) is 7.14. The molecule has 0 bridgehead atoms. The maximum Gasteiger partial charge on any atom is 0.233 e. The Balaban J connectivity index is 1.98. The first-order chi connectivity index (χ1) is 10.4. The van der Waals surface area contributed by atoms with E-state index in [0.717, 1.165) is 27.8 Å². The van der Waals surface area contributed by atoms with Crippen molar-refractivity contribution in [3.05, 3.63) is 21.4 Å². The minimum atomic E-state index is 0.0276. The lowest BCUT2D eigenvalue weighted by Crippen LogP contribution is -2.31. The van der Waals surface area contributed by atoms with Crippen molar-refractivity contribution in [3.8, 4) is 0 Å². The number of nitrogens with one attached hydrogen (secondary N) is 1. The molecule has 2 rings (SSSR count). The Morgan fingerprint density at radius 2 is 2.14 bits per heavy atom. The van der Waals surface area contributed by atoms with Gasteiger partial charge in [0, 0.05) is 11.9 Å². The van der Waals surface area contributed by atoms with Gasteiger partial charge in [0.2, 0.25) is 11.1 Å². The minimum absolute atomic E-state index is 0.0276. The van der Waals surface area contributed by atoms with Crippen molar-refractivity contribution in [2.75, 3.05) is 12.8 Å². The predicted octanol–water partition coefficient (Wildman–Crippen LogP) is 2.75. The normalized spacial score (nSPS) is 12.4. The molecular formula is C14H21N5OS2. The Morgan fingerprint density at radius 3 is 2.68 bits per heavy atom. The Morgan fingerprint density at radius 1 is 1.41 bits per heavy atom. The minimum Gasteiger partial charge on any atom is -0.337 e. The van der Waals surface area contributed by atoms with Gasteiger partial charge in [0.05, 0.1) is 22.5 Å². The average molecular weight is 339 g/mol. The Kier molecular flexibility index (Phi) is 5.57. The first kappa shape index (κ1) is 17.0. The van der Waals surface area contributed by atoms with Crippen LogP contribution in [-0.2, 0) is 11.2 Å². The molecule has 22 heavy (non-hydrogen) atoms. The van der Waals surface area contributed by atoms with Crippen LogP contribution in [0.3, 0.4) is 0 Å². The molecule has 8 heteroatoms. The molecule has 1 N–H and O–H groups in total.